The van der Waals surface area contributed by atoms with Crippen molar-refractivity contribution in [2.75, 3.05) is 6.61 Å². The van der Waals surface area contributed by atoms with Crippen molar-refractivity contribution >= 4 is 44.8 Å². The van der Waals surface area contributed by atoms with E-state index >= 15 is 0 Å². The minimum atomic E-state index is -0.727. The standard InChI is InChI=1S/C23H29N3O4SSi/c1-23(2,3)26-22(29)25-20(27)11-30-21(28)14-32-13-16-9-19-17(10-24-16)18(12-31-19)15-7-5-4-6-8-15/h4-9,12,24H,10-11,13-14,32H2,1-3H3,(H2,25,26,27,29). The molecule has 0 spiro atoms. The van der Waals surface area contributed by atoms with Crippen LogP contribution in [0.1, 0.15) is 31.2 Å². The summed E-state index contributed by atoms with van der Waals surface area (Å²) in [6.07, 6.45) is 2.18. The lowest BCUT2D eigenvalue weighted by Gasteiger charge is -2.20. The minimum absolute atomic E-state index is 0.340. The van der Waals surface area contributed by atoms with Gasteiger partial charge in [0, 0.05) is 38.2 Å². The van der Waals surface area contributed by atoms with Crippen LogP contribution in [0.5, 0.6) is 0 Å². The number of thiophene rings is 1. The second-order valence-electron chi connectivity index (χ2n) is 8.65. The zero-order valence-electron chi connectivity index (χ0n) is 18.6. The van der Waals surface area contributed by atoms with Gasteiger partial charge in [-0.15, -0.1) is 11.3 Å². The van der Waals surface area contributed by atoms with E-state index in [0.717, 1.165) is 18.3 Å². The van der Waals surface area contributed by atoms with Crippen LogP contribution in [-0.4, -0.2) is 39.6 Å². The Morgan fingerprint density at radius 1 is 1.19 bits per heavy atom. The van der Waals surface area contributed by atoms with Crippen LogP contribution < -0.4 is 16.0 Å². The van der Waals surface area contributed by atoms with Crippen molar-refractivity contribution in [3.63, 3.8) is 0 Å². The molecule has 3 amide bonds. The number of nitrogens with one attached hydrogen (secondary N) is 3. The highest BCUT2D eigenvalue weighted by atomic mass is 32.1. The molecule has 0 saturated heterocycles. The maximum absolute atomic E-state index is 12.0. The van der Waals surface area contributed by atoms with E-state index < -0.39 is 39.6 Å². The van der Waals surface area contributed by atoms with E-state index in [1.54, 1.807) is 32.1 Å². The molecule has 1 aromatic carbocycles. The van der Waals surface area contributed by atoms with E-state index in [1.165, 1.54) is 21.6 Å². The monoisotopic (exact) mass is 471 g/mol. The SMILES string of the molecule is CC(C)(C)NC(=O)NC(=O)COC(=O)C[SiH2]CC1=Cc2scc(-c3ccccc3)c2CN1. The summed E-state index contributed by atoms with van der Waals surface area (Å²) < 4.78 is 5.00. The van der Waals surface area contributed by atoms with Crippen LogP contribution in [0.15, 0.2) is 41.4 Å². The van der Waals surface area contributed by atoms with Crippen LogP contribution in [0.2, 0.25) is 12.1 Å². The summed E-state index contributed by atoms with van der Waals surface area (Å²) >= 11 is 1.74. The maximum Gasteiger partial charge on any atom is 0.321 e. The van der Waals surface area contributed by atoms with Crippen molar-refractivity contribution in [1.29, 1.82) is 0 Å². The van der Waals surface area contributed by atoms with Gasteiger partial charge in [0.1, 0.15) is 0 Å². The van der Waals surface area contributed by atoms with E-state index in [9.17, 15) is 14.4 Å². The highest BCUT2D eigenvalue weighted by molar-refractivity contribution is 7.11. The molecule has 3 rings (SSSR count). The number of hydrogen-bond acceptors (Lipinski definition) is 6. The molecule has 1 aromatic heterocycles. The van der Waals surface area contributed by atoms with Crippen LogP contribution in [0.4, 0.5) is 4.79 Å². The zero-order valence-corrected chi connectivity index (χ0v) is 20.8. The van der Waals surface area contributed by atoms with Gasteiger partial charge in [0.2, 0.25) is 0 Å². The van der Waals surface area contributed by atoms with Gasteiger partial charge in [-0.1, -0.05) is 30.3 Å². The van der Waals surface area contributed by atoms with E-state index in [-0.39, 0.29) is 0 Å². The number of imide groups is 1. The first-order chi connectivity index (χ1) is 15.2. The van der Waals surface area contributed by atoms with Crippen molar-refractivity contribution in [3.8, 4) is 11.1 Å². The number of carbonyl (C=O) groups excluding carboxylic acids is 3. The molecule has 1 aliphatic heterocycles. The lowest BCUT2D eigenvalue weighted by molar-refractivity contribution is -0.146. The topological polar surface area (TPSA) is 96.5 Å². The Kier molecular flexibility index (Phi) is 7.87. The summed E-state index contributed by atoms with van der Waals surface area (Å²) in [5.74, 6) is -1.04. The second kappa shape index (κ2) is 10.6. The molecule has 2 aromatic rings. The molecule has 0 fully saturated rings. The van der Waals surface area contributed by atoms with Gasteiger partial charge in [-0.3, -0.25) is 14.9 Å². The number of benzene rings is 1. The quantitative estimate of drug-likeness (QED) is 0.426. The van der Waals surface area contributed by atoms with Crippen molar-refractivity contribution in [1.82, 2.24) is 16.0 Å². The van der Waals surface area contributed by atoms with E-state index in [1.807, 2.05) is 18.2 Å². The van der Waals surface area contributed by atoms with Crippen molar-refractivity contribution < 1.29 is 19.1 Å². The summed E-state index contributed by atoms with van der Waals surface area (Å²) in [7, 11) is -0.727. The van der Waals surface area contributed by atoms with E-state index in [4.69, 9.17) is 4.74 Å². The highest BCUT2D eigenvalue weighted by Gasteiger charge is 2.18. The molecule has 0 unspecified atom stereocenters. The zero-order chi connectivity index (χ0) is 23.1. The largest absolute Gasteiger partial charge is 0.456 e. The molecule has 1 aliphatic rings. The van der Waals surface area contributed by atoms with Crippen molar-refractivity contribution in [2.24, 2.45) is 0 Å². The molecule has 0 atom stereocenters. The minimum Gasteiger partial charge on any atom is -0.456 e. The highest BCUT2D eigenvalue weighted by Crippen LogP contribution is 2.35. The molecule has 0 radical (unpaired) electrons. The number of carbonyl (C=O) groups is 3. The van der Waals surface area contributed by atoms with Gasteiger partial charge in [-0.25, -0.2) is 4.79 Å². The summed E-state index contributed by atoms with van der Waals surface area (Å²) in [5, 5.41) is 10.4. The third-order valence-electron chi connectivity index (χ3n) is 4.74. The van der Waals surface area contributed by atoms with Gasteiger partial charge in [-0.05, 0) is 55.0 Å². The summed E-state index contributed by atoms with van der Waals surface area (Å²) in [6, 6.07) is 10.9. The van der Waals surface area contributed by atoms with Gasteiger partial charge in [0.05, 0.1) is 0 Å². The van der Waals surface area contributed by atoms with Crippen LogP contribution in [-0.2, 0) is 20.9 Å². The van der Waals surface area contributed by atoms with Gasteiger partial charge >= 0.3 is 12.0 Å². The molecule has 170 valence electrons. The van der Waals surface area contributed by atoms with Gasteiger partial charge < -0.3 is 15.4 Å². The average Bonchev–Trinajstić information content (AvgIpc) is 3.15. The van der Waals surface area contributed by atoms with Crippen LogP contribution in [0, 0.1) is 0 Å². The summed E-state index contributed by atoms with van der Waals surface area (Å²) in [6.45, 7) is 5.75. The molecule has 7 nitrogen and oxygen atoms in total. The predicted molar refractivity (Wildman–Crippen MR) is 130 cm³/mol. The lowest BCUT2D eigenvalue weighted by atomic mass is 10.0. The van der Waals surface area contributed by atoms with Crippen molar-refractivity contribution in [3.05, 3.63) is 51.8 Å². The number of rotatable bonds is 7. The maximum atomic E-state index is 12.0. The first kappa shape index (κ1) is 23.7. The number of amides is 3. The number of esters is 1. The van der Waals surface area contributed by atoms with Crippen LogP contribution in [0.3, 0.4) is 0 Å². The molecule has 32 heavy (non-hydrogen) atoms. The molecular formula is C23H29N3O4SSi. The first-order valence-corrected chi connectivity index (χ1v) is 13.5. The first-order valence-electron chi connectivity index (χ1n) is 10.6. The molecule has 0 aliphatic carbocycles. The number of urea groups is 1. The Labute approximate surface area is 194 Å². The van der Waals surface area contributed by atoms with E-state index in [2.05, 4.69) is 39.5 Å². The number of fused-ring (bicyclic) bond motifs is 1. The smallest absolute Gasteiger partial charge is 0.321 e. The second-order valence-corrected chi connectivity index (χ2v) is 11.3. The Morgan fingerprint density at radius 3 is 2.66 bits per heavy atom. The Morgan fingerprint density at radius 2 is 1.94 bits per heavy atom. The van der Waals surface area contributed by atoms with Gasteiger partial charge in [-0.2, -0.15) is 0 Å². The van der Waals surface area contributed by atoms with Crippen LogP contribution >= 0.6 is 11.3 Å². The predicted octanol–water partition coefficient (Wildman–Crippen LogP) is 3.03. The Hall–Kier alpha value is -2.91. The molecular weight excluding hydrogens is 442 g/mol. The molecule has 3 N–H and O–H groups in total. The molecule has 0 saturated carbocycles. The average molecular weight is 472 g/mol. The van der Waals surface area contributed by atoms with E-state index in [0.29, 0.717) is 6.04 Å². The number of hydrogen-bond donors (Lipinski definition) is 3. The number of allylic oxidation sites excluding steroid dienone is 1. The fourth-order valence-corrected chi connectivity index (χ4v) is 5.68. The molecule has 0 bridgehead atoms. The normalized spacial score (nSPS) is 13.2. The molecule has 9 heteroatoms. The van der Waals surface area contributed by atoms with Gasteiger partial charge in [0.15, 0.2) is 6.61 Å². The fourth-order valence-electron chi connectivity index (χ4n) is 3.31. The third-order valence-corrected chi connectivity index (χ3v) is 7.37. The Bertz CT molecular complexity index is 1010. The van der Waals surface area contributed by atoms with Crippen molar-refractivity contribution in [2.45, 2.75) is 44.9 Å². The van der Waals surface area contributed by atoms with Gasteiger partial charge in [0.25, 0.3) is 5.91 Å². The summed E-state index contributed by atoms with van der Waals surface area (Å²) in [4.78, 5) is 36.6. The van der Waals surface area contributed by atoms with Crippen LogP contribution in [0.25, 0.3) is 17.2 Å². The fraction of sp³-hybridized carbons (Fsp3) is 0.348. The third kappa shape index (κ3) is 7.06. The number of ether oxygens (including phenoxy) is 1. The summed E-state index contributed by atoms with van der Waals surface area (Å²) in [5.41, 5.74) is 4.49. The Balaban J connectivity index is 1.40. The molecule has 2 heterocycles. The lowest BCUT2D eigenvalue weighted by Crippen LogP contribution is -2.49.